The van der Waals surface area contributed by atoms with Crippen LogP contribution in [0.15, 0.2) is 12.1 Å². The Bertz CT molecular complexity index is 284. The predicted octanol–water partition coefficient (Wildman–Crippen LogP) is 5.28. The highest BCUT2D eigenvalue weighted by Crippen LogP contribution is 2.38. The van der Waals surface area contributed by atoms with Crippen LogP contribution in [0, 0.1) is 0 Å². The third kappa shape index (κ3) is 2.40. The van der Waals surface area contributed by atoms with Crippen molar-refractivity contribution in [2.45, 2.75) is 50.8 Å². The first-order chi connectivity index (χ1) is 6.53. The van der Waals surface area contributed by atoms with Crippen molar-refractivity contribution >= 4 is 27.3 Å². The Hall–Kier alpha value is 0.180. The average Bonchev–Trinajstić information content (AvgIpc) is 2.66. The van der Waals surface area contributed by atoms with Crippen LogP contribution in [0.5, 0.6) is 0 Å². The van der Waals surface area contributed by atoms with E-state index in [-0.39, 0.29) is 0 Å². The molecule has 1 rings (SSSR count). The summed E-state index contributed by atoms with van der Waals surface area (Å²) in [5.74, 6) is 0. The monoisotopic (exact) mass is 274 g/mol. The van der Waals surface area contributed by atoms with Crippen LogP contribution in [0.1, 0.15) is 55.1 Å². The Labute approximate surface area is 99.9 Å². The quantitative estimate of drug-likeness (QED) is 0.656. The third-order valence-corrected chi connectivity index (χ3v) is 5.54. The van der Waals surface area contributed by atoms with Crippen LogP contribution in [0.3, 0.4) is 0 Å². The van der Waals surface area contributed by atoms with Gasteiger partial charge in [0.2, 0.25) is 0 Å². The van der Waals surface area contributed by atoms with Crippen LogP contribution in [0.2, 0.25) is 0 Å². The normalized spacial score (nSPS) is 14.4. The molecule has 0 spiro atoms. The lowest BCUT2D eigenvalue weighted by Crippen LogP contribution is -2.17. The van der Waals surface area contributed by atoms with Crippen molar-refractivity contribution in [1.82, 2.24) is 0 Å². The summed E-state index contributed by atoms with van der Waals surface area (Å²) in [6.07, 6.45) is 2.44. The molecule has 0 aromatic carbocycles. The zero-order chi connectivity index (χ0) is 10.8. The number of hydrogen-bond acceptors (Lipinski definition) is 1. The van der Waals surface area contributed by atoms with Crippen LogP contribution < -0.4 is 0 Å². The molecule has 0 radical (unpaired) electrons. The van der Waals surface area contributed by atoms with Crippen molar-refractivity contribution in [1.29, 1.82) is 0 Å². The summed E-state index contributed by atoms with van der Waals surface area (Å²) < 4.78 is 0. The van der Waals surface area contributed by atoms with Crippen molar-refractivity contribution in [2.24, 2.45) is 0 Å². The third-order valence-electron chi connectivity index (χ3n) is 3.17. The summed E-state index contributed by atoms with van der Waals surface area (Å²) in [6, 6.07) is 4.55. The van der Waals surface area contributed by atoms with Gasteiger partial charge in [-0.2, -0.15) is 0 Å². The molecule has 0 N–H and O–H groups in total. The molecule has 0 aliphatic carbocycles. The Morgan fingerprint density at radius 1 is 1.36 bits per heavy atom. The fourth-order valence-electron chi connectivity index (χ4n) is 1.49. The minimum absolute atomic E-state index is 0.380. The van der Waals surface area contributed by atoms with Gasteiger partial charge >= 0.3 is 0 Å². The van der Waals surface area contributed by atoms with Gasteiger partial charge in [-0.1, -0.05) is 36.7 Å². The zero-order valence-corrected chi connectivity index (χ0v) is 11.8. The minimum Gasteiger partial charge on any atom is -0.144 e. The molecule has 1 heterocycles. The van der Waals surface area contributed by atoms with Gasteiger partial charge in [0.1, 0.15) is 0 Å². The molecule has 1 unspecified atom stereocenters. The van der Waals surface area contributed by atoms with Crippen LogP contribution >= 0.6 is 27.3 Å². The van der Waals surface area contributed by atoms with Gasteiger partial charge < -0.3 is 0 Å². The Kier molecular flexibility index (Phi) is 4.20. The lowest BCUT2D eigenvalue weighted by atomic mass is 9.83. The maximum Gasteiger partial charge on any atom is 0.0461 e. The molecule has 0 nitrogen and oxygen atoms in total. The molecule has 80 valence electrons. The first kappa shape index (κ1) is 12.3. The molecular formula is C12H19BrS. The van der Waals surface area contributed by atoms with E-state index >= 15 is 0 Å². The highest BCUT2D eigenvalue weighted by atomic mass is 79.9. The van der Waals surface area contributed by atoms with Crippen molar-refractivity contribution in [3.05, 3.63) is 21.9 Å². The lowest BCUT2D eigenvalue weighted by molar-refractivity contribution is 0.448. The SMILES string of the molecule is CCC(C)(CC)c1ccc(C(C)Br)s1. The second-order valence-electron chi connectivity index (χ2n) is 4.09. The molecule has 14 heavy (non-hydrogen) atoms. The minimum atomic E-state index is 0.380. The van der Waals surface area contributed by atoms with Gasteiger partial charge in [-0.25, -0.2) is 0 Å². The van der Waals surface area contributed by atoms with Gasteiger partial charge in [0.25, 0.3) is 0 Å². The van der Waals surface area contributed by atoms with E-state index in [1.165, 1.54) is 22.6 Å². The molecule has 1 aromatic rings. The summed E-state index contributed by atoms with van der Waals surface area (Å²) in [4.78, 5) is 3.45. The topological polar surface area (TPSA) is 0 Å². The van der Waals surface area contributed by atoms with Crippen molar-refractivity contribution in [2.75, 3.05) is 0 Å². The van der Waals surface area contributed by atoms with E-state index in [0.29, 0.717) is 10.2 Å². The fraction of sp³-hybridized carbons (Fsp3) is 0.667. The molecule has 0 amide bonds. The lowest BCUT2D eigenvalue weighted by Gasteiger charge is -2.25. The van der Waals surface area contributed by atoms with Crippen LogP contribution in [-0.4, -0.2) is 0 Å². The number of alkyl halides is 1. The van der Waals surface area contributed by atoms with E-state index in [0.717, 1.165) is 0 Å². The summed E-state index contributed by atoms with van der Waals surface area (Å²) in [5.41, 5.74) is 0.380. The first-order valence-corrected chi connectivity index (χ1v) is 7.01. The number of thiophene rings is 1. The van der Waals surface area contributed by atoms with Gasteiger partial charge in [0.05, 0.1) is 0 Å². The summed E-state index contributed by atoms with van der Waals surface area (Å²) >= 11 is 5.57. The van der Waals surface area contributed by atoms with Gasteiger partial charge in [-0.05, 0) is 31.9 Å². The van der Waals surface area contributed by atoms with E-state index in [9.17, 15) is 0 Å². The molecule has 0 fully saturated rings. The molecule has 0 bridgehead atoms. The van der Waals surface area contributed by atoms with Crippen LogP contribution in [-0.2, 0) is 5.41 Å². The molecule has 1 aromatic heterocycles. The van der Waals surface area contributed by atoms with E-state index in [4.69, 9.17) is 0 Å². The molecule has 0 saturated carbocycles. The van der Waals surface area contributed by atoms with Crippen LogP contribution in [0.4, 0.5) is 0 Å². The standard InChI is InChI=1S/C12H19BrS/c1-5-12(4,6-2)11-8-7-10(14-11)9(3)13/h7-9H,5-6H2,1-4H3. The van der Waals surface area contributed by atoms with E-state index in [1.54, 1.807) is 0 Å². The zero-order valence-electron chi connectivity index (χ0n) is 9.43. The van der Waals surface area contributed by atoms with Crippen molar-refractivity contribution < 1.29 is 0 Å². The van der Waals surface area contributed by atoms with E-state index in [1.807, 2.05) is 11.3 Å². The Morgan fingerprint density at radius 2 is 1.93 bits per heavy atom. The first-order valence-electron chi connectivity index (χ1n) is 5.27. The van der Waals surface area contributed by atoms with E-state index in [2.05, 4.69) is 55.8 Å². The number of halogens is 1. The maximum atomic E-state index is 3.62. The highest BCUT2D eigenvalue weighted by molar-refractivity contribution is 9.09. The second-order valence-corrected chi connectivity index (χ2v) is 6.57. The van der Waals surface area contributed by atoms with Crippen LogP contribution in [0.25, 0.3) is 0 Å². The summed E-state index contributed by atoms with van der Waals surface area (Å²) in [5, 5.41) is 0. The second kappa shape index (κ2) is 4.80. The molecule has 0 aliphatic heterocycles. The fourth-order valence-corrected chi connectivity index (χ4v) is 3.15. The van der Waals surface area contributed by atoms with Gasteiger partial charge in [0, 0.05) is 20.0 Å². The van der Waals surface area contributed by atoms with Gasteiger partial charge in [-0.3, -0.25) is 0 Å². The smallest absolute Gasteiger partial charge is 0.0461 e. The van der Waals surface area contributed by atoms with Crippen molar-refractivity contribution in [3.8, 4) is 0 Å². The molecular weight excluding hydrogens is 256 g/mol. The number of hydrogen-bond donors (Lipinski definition) is 0. The Morgan fingerprint density at radius 3 is 2.29 bits per heavy atom. The van der Waals surface area contributed by atoms with Gasteiger partial charge in [-0.15, -0.1) is 11.3 Å². The molecule has 1 atom stereocenters. The number of rotatable bonds is 4. The molecule has 0 saturated heterocycles. The largest absolute Gasteiger partial charge is 0.144 e. The summed E-state index contributed by atoms with van der Waals surface area (Å²) in [6.45, 7) is 9.10. The molecule has 2 heteroatoms. The molecule has 0 aliphatic rings. The van der Waals surface area contributed by atoms with Crippen molar-refractivity contribution in [3.63, 3.8) is 0 Å². The average molecular weight is 275 g/mol. The van der Waals surface area contributed by atoms with Gasteiger partial charge in [0.15, 0.2) is 0 Å². The Balaban J connectivity index is 2.95. The maximum absolute atomic E-state index is 3.62. The predicted molar refractivity (Wildman–Crippen MR) is 69.6 cm³/mol. The van der Waals surface area contributed by atoms with E-state index < -0.39 is 0 Å². The highest BCUT2D eigenvalue weighted by Gasteiger charge is 2.24. The summed E-state index contributed by atoms with van der Waals surface area (Å²) in [7, 11) is 0.